The Labute approximate surface area is 121 Å². The fraction of sp³-hybridized carbons (Fsp3) is 0.263. The van der Waals surface area contributed by atoms with Crippen LogP contribution in [0.3, 0.4) is 0 Å². The molecular formula is C19H22O. The molecule has 0 heterocycles. The Bertz CT molecular complexity index is 525. The van der Waals surface area contributed by atoms with Gasteiger partial charge in [-0.25, -0.2) is 0 Å². The highest BCUT2D eigenvalue weighted by atomic mass is 16.5. The van der Waals surface area contributed by atoms with E-state index in [9.17, 15) is 0 Å². The third kappa shape index (κ3) is 4.27. The molecule has 1 heteroatoms. The first-order valence-electron chi connectivity index (χ1n) is 7.24. The Morgan fingerprint density at radius 3 is 2.35 bits per heavy atom. The summed E-state index contributed by atoms with van der Waals surface area (Å²) < 4.78 is 5.71. The fourth-order valence-electron chi connectivity index (χ4n) is 2.02. The minimum Gasteiger partial charge on any atom is -0.490 e. The lowest BCUT2D eigenvalue weighted by atomic mass is 9.99. The summed E-state index contributed by atoms with van der Waals surface area (Å²) in [6.45, 7) is 5.06. The van der Waals surface area contributed by atoms with Crippen LogP contribution < -0.4 is 4.74 Å². The predicted molar refractivity (Wildman–Crippen MR) is 86.1 cm³/mol. The predicted octanol–water partition coefficient (Wildman–Crippen LogP) is 5.29. The molecule has 1 unspecified atom stereocenters. The van der Waals surface area contributed by atoms with Crippen LogP contribution >= 0.6 is 0 Å². The van der Waals surface area contributed by atoms with Crippen molar-refractivity contribution >= 4 is 6.08 Å². The van der Waals surface area contributed by atoms with E-state index in [-0.39, 0.29) is 0 Å². The molecule has 1 atom stereocenters. The molecule has 0 saturated heterocycles. The maximum Gasteiger partial charge on any atom is 0.119 e. The van der Waals surface area contributed by atoms with Gasteiger partial charge in [0, 0.05) is 0 Å². The monoisotopic (exact) mass is 266 g/mol. The maximum absolute atomic E-state index is 5.71. The zero-order chi connectivity index (χ0) is 14.2. The fourth-order valence-corrected chi connectivity index (χ4v) is 2.02. The van der Waals surface area contributed by atoms with E-state index in [1.807, 2.05) is 24.3 Å². The molecule has 0 aliphatic carbocycles. The number of rotatable bonds is 6. The van der Waals surface area contributed by atoms with E-state index in [0.29, 0.717) is 12.5 Å². The second kappa shape index (κ2) is 7.54. The normalized spacial score (nSPS) is 12.5. The van der Waals surface area contributed by atoms with Gasteiger partial charge < -0.3 is 4.74 Å². The summed E-state index contributed by atoms with van der Waals surface area (Å²) in [4.78, 5) is 0. The van der Waals surface area contributed by atoms with Gasteiger partial charge in [0.2, 0.25) is 0 Å². The average molecular weight is 266 g/mol. The minimum atomic E-state index is 0.595. The van der Waals surface area contributed by atoms with Crippen molar-refractivity contribution in [2.24, 2.45) is 0 Å². The van der Waals surface area contributed by atoms with Crippen molar-refractivity contribution in [1.82, 2.24) is 0 Å². The highest BCUT2D eigenvalue weighted by molar-refractivity contribution is 5.48. The average Bonchev–Trinajstić information content (AvgIpc) is 2.52. The molecule has 0 N–H and O–H groups in total. The van der Waals surface area contributed by atoms with Crippen molar-refractivity contribution in [1.29, 1.82) is 0 Å². The van der Waals surface area contributed by atoms with Crippen LogP contribution in [0.5, 0.6) is 5.75 Å². The summed E-state index contributed by atoms with van der Waals surface area (Å²) >= 11 is 0. The molecule has 0 saturated carbocycles. The summed E-state index contributed by atoms with van der Waals surface area (Å²) in [5.74, 6) is 1.54. The SMILES string of the molecule is CCC(C)c1ccc(OC/C=C/c2ccccc2)cc1. The van der Waals surface area contributed by atoms with Crippen LogP contribution in [0, 0.1) is 0 Å². The molecule has 2 rings (SSSR count). The van der Waals surface area contributed by atoms with Crippen molar-refractivity contribution < 1.29 is 4.74 Å². The Hall–Kier alpha value is -2.02. The molecule has 0 spiro atoms. The Morgan fingerprint density at radius 1 is 1.00 bits per heavy atom. The smallest absolute Gasteiger partial charge is 0.119 e. The summed E-state index contributed by atoms with van der Waals surface area (Å²) in [5.41, 5.74) is 2.57. The molecular weight excluding hydrogens is 244 g/mol. The largest absolute Gasteiger partial charge is 0.490 e. The molecule has 2 aromatic rings. The van der Waals surface area contributed by atoms with Crippen molar-refractivity contribution in [2.75, 3.05) is 6.61 Å². The van der Waals surface area contributed by atoms with Crippen LogP contribution in [0.1, 0.15) is 37.3 Å². The molecule has 0 radical (unpaired) electrons. The molecule has 0 aliphatic heterocycles. The van der Waals surface area contributed by atoms with Crippen LogP contribution in [0.15, 0.2) is 60.7 Å². The lowest BCUT2D eigenvalue weighted by Crippen LogP contribution is -1.95. The van der Waals surface area contributed by atoms with E-state index < -0.39 is 0 Å². The molecule has 20 heavy (non-hydrogen) atoms. The van der Waals surface area contributed by atoms with Gasteiger partial charge in [0.05, 0.1) is 0 Å². The number of hydrogen-bond donors (Lipinski definition) is 0. The molecule has 0 bridgehead atoms. The first kappa shape index (κ1) is 14.4. The second-order valence-electron chi connectivity index (χ2n) is 5.00. The van der Waals surface area contributed by atoms with E-state index in [2.05, 4.69) is 56.3 Å². The molecule has 1 nitrogen and oxygen atoms in total. The zero-order valence-corrected chi connectivity index (χ0v) is 12.3. The standard InChI is InChI=1S/C19H22O/c1-3-16(2)18-11-13-19(14-12-18)20-15-7-10-17-8-5-4-6-9-17/h4-14,16H,3,15H2,1-2H3/b10-7+. The van der Waals surface area contributed by atoms with E-state index >= 15 is 0 Å². The molecule has 0 aliphatic rings. The molecule has 2 aromatic carbocycles. The highest BCUT2D eigenvalue weighted by Gasteiger charge is 2.02. The number of ether oxygens (including phenoxy) is 1. The highest BCUT2D eigenvalue weighted by Crippen LogP contribution is 2.21. The summed E-state index contributed by atoms with van der Waals surface area (Å²) in [7, 11) is 0. The van der Waals surface area contributed by atoms with Crippen LogP contribution in [-0.2, 0) is 0 Å². The van der Waals surface area contributed by atoms with Gasteiger partial charge in [-0.1, -0.05) is 62.4 Å². The first-order chi connectivity index (χ1) is 9.79. The zero-order valence-electron chi connectivity index (χ0n) is 12.3. The van der Waals surface area contributed by atoms with Gasteiger partial charge in [0.15, 0.2) is 0 Å². The van der Waals surface area contributed by atoms with E-state index in [0.717, 1.165) is 5.75 Å². The van der Waals surface area contributed by atoms with Gasteiger partial charge in [-0.15, -0.1) is 0 Å². The van der Waals surface area contributed by atoms with E-state index in [4.69, 9.17) is 4.74 Å². The molecule has 0 fully saturated rings. The van der Waals surface area contributed by atoms with E-state index in [1.54, 1.807) is 0 Å². The minimum absolute atomic E-state index is 0.595. The third-order valence-corrected chi connectivity index (χ3v) is 3.52. The quantitative estimate of drug-likeness (QED) is 0.690. The number of hydrogen-bond acceptors (Lipinski definition) is 1. The van der Waals surface area contributed by atoms with Gasteiger partial charge in [-0.3, -0.25) is 0 Å². The molecule has 0 amide bonds. The van der Waals surface area contributed by atoms with Gasteiger partial charge in [-0.05, 0) is 41.7 Å². The van der Waals surface area contributed by atoms with Gasteiger partial charge in [-0.2, -0.15) is 0 Å². The maximum atomic E-state index is 5.71. The summed E-state index contributed by atoms with van der Waals surface area (Å²) in [6, 6.07) is 18.7. The summed E-state index contributed by atoms with van der Waals surface area (Å²) in [5, 5.41) is 0. The van der Waals surface area contributed by atoms with Crippen molar-refractivity contribution in [3.63, 3.8) is 0 Å². The van der Waals surface area contributed by atoms with E-state index in [1.165, 1.54) is 17.5 Å². The molecule has 0 aromatic heterocycles. The second-order valence-corrected chi connectivity index (χ2v) is 5.00. The third-order valence-electron chi connectivity index (χ3n) is 3.52. The van der Waals surface area contributed by atoms with Crippen LogP contribution in [0.2, 0.25) is 0 Å². The Balaban J connectivity index is 1.84. The van der Waals surface area contributed by atoms with Gasteiger partial charge in [0.1, 0.15) is 12.4 Å². The van der Waals surface area contributed by atoms with Crippen LogP contribution in [-0.4, -0.2) is 6.61 Å². The van der Waals surface area contributed by atoms with Gasteiger partial charge in [0.25, 0.3) is 0 Å². The van der Waals surface area contributed by atoms with Crippen molar-refractivity contribution in [2.45, 2.75) is 26.2 Å². The van der Waals surface area contributed by atoms with Crippen LogP contribution in [0.25, 0.3) is 6.08 Å². The lowest BCUT2D eigenvalue weighted by molar-refractivity contribution is 0.363. The lowest BCUT2D eigenvalue weighted by Gasteiger charge is -2.09. The Morgan fingerprint density at radius 2 is 1.70 bits per heavy atom. The topological polar surface area (TPSA) is 9.23 Å². The molecule has 104 valence electrons. The first-order valence-corrected chi connectivity index (χ1v) is 7.24. The van der Waals surface area contributed by atoms with Crippen molar-refractivity contribution in [3.8, 4) is 5.75 Å². The Kier molecular flexibility index (Phi) is 5.43. The van der Waals surface area contributed by atoms with Gasteiger partial charge >= 0.3 is 0 Å². The van der Waals surface area contributed by atoms with Crippen molar-refractivity contribution in [3.05, 3.63) is 71.8 Å². The number of benzene rings is 2. The summed E-state index contributed by atoms with van der Waals surface area (Å²) in [6.07, 6.45) is 5.28. The van der Waals surface area contributed by atoms with Crippen LogP contribution in [0.4, 0.5) is 0 Å².